The van der Waals surface area contributed by atoms with E-state index in [1.807, 2.05) is 6.08 Å². The molecule has 1 unspecified atom stereocenters. The number of Topliss-reactive ketones (excluding diaryl/α,β-unsaturated/α-hetero) is 1. The Labute approximate surface area is 622 Å². The Kier molecular flexibility index (Phi) is 34.3. The Bertz CT molecular complexity index is 3310. The van der Waals surface area contributed by atoms with Gasteiger partial charge in [-0.15, -0.1) is 0 Å². The van der Waals surface area contributed by atoms with E-state index in [0.29, 0.717) is 12.8 Å². The van der Waals surface area contributed by atoms with Gasteiger partial charge < -0.3 is 146 Å². The first-order valence-corrected chi connectivity index (χ1v) is 36.5. The number of carbonyl (C=O) groups excluding carboxylic acids is 6. The lowest BCUT2D eigenvalue weighted by Crippen LogP contribution is -2.71. The summed E-state index contributed by atoms with van der Waals surface area (Å²) in [7, 11) is -5.83. The topological polar surface area (TPSA) is 608 Å². The van der Waals surface area contributed by atoms with Gasteiger partial charge in [-0.25, -0.2) is 14.2 Å². The average molecular weight is 1570 g/mol. The third-order valence-electron chi connectivity index (χ3n) is 18.5. The lowest BCUT2D eigenvalue weighted by Gasteiger charge is -2.50. The van der Waals surface area contributed by atoms with E-state index >= 15 is 0 Å². The van der Waals surface area contributed by atoms with Crippen LogP contribution < -0.4 is 27.4 Å². The maximum absolute atomic E-state index is 14.0. The Morgan fingerprint density at radius 3 is 1.83 bits per heavy atom. The summed E-state index contributed by atoms with van der Waals surface area (Å²) in [6, 6.07) is -3.98. The number of aliphatic hydroxyl groups excluding tert-OH is 11. The summed E-state index contributed by atoms with van der Waals surface area (Å²) in [5.74, 6) is -7.64. The molecular formula is C68H106N5O34P. The van der Waals surface area contributed by atoms with Gasteiger partial charge in [-0.2, -0.15) is 0 Å². The highest BCUT2D eigenvalue weighted by molar-refractivity contribution is 7.47. The van der Waals surface area contributed by atoms with Crippen LogP contribution in [0, 0.1) is 5.41 Å². The van der Waals surface area contributed by atoms with Crippen LogP contribution in [0.5, 0.6) is 0 Å². The van der Waals surface area contributed by atoms with E-state index in [1.54, 1.807) is 13.0 Å². The fourth-order valence-electron chi connectivity index (χ4n) is 12.3. The van der Waals surface area contributed by atoms with Gasteiger partial charge in [-0.3, -0.25) is 33.0 Å². The van der Waals surface area contributed by atoms with Crippen molar-refractivity contribution in [1.29, 1.82) is 0 Å². The molecule has 20 N–H and O–H groups in total. The van der Waals surface area contributed by atoms with Crippen LogP contribution in [0.4, 0.5) is 4.79 Å². The first-order chi connectivity index (χ1) is 50.5. The molecule has 27 atom stereocenters. The summed E-state index contributed by atoms with van der Waals surface area (Å²) >= 11 is 0. The van der Waals surface area contributed by atoms with Gasteiger partial charge >= 0.3 is 19.9 Å². The SMILES string of the molecule is C=C(C/C=C(\C)CCC=C(C)C)CCC(C)(C)/C=C\CC/C(C)=C\CO[C@@H](COP(=O)(O)O[C@@H]1O[C@@H](C(N)=O)[C@@H](O)[C@@H](OC(N)=O)[C@@H]1O[C@H]1O[C@@H](CO[C@H]2O[C@H](CO)[C@@H](O)[C@H](O)[C@H]2O)[C@H](O[C@H]2O[C@@H](C)[C@H](O[C@H]3O[C@@H](C(=O)NC4=C(O)CCC4=O)[C@@H](O)[C@@H](O)[C@@H]3O)[C@@H](O)[C@@H]2NC(C)=O)[C@@H](O)[C@@H]1NC(C)=O)C(=O)O. The highest BCUT2D eigenvalue weighted by Crippen LogP contribution is 2.48. The molecule has 39 nitrogen and oxygen atoms in total. The van der Waals surface area contributed by atoms with E-state index in [1.165, 1.54) is 18.1 Å². The molecule has 0 saturated carbocycles. The molecule has 0 spiro atoms. The van der Waals surface area contributed by atoms with Crippen LogP contribution in [-0.4, -0.2) is 294 Å². The van der Waals surface area contributed by atoms with Crippen molar-refractivity contribution in [2.75, 3.05) is 26.4 Å². The molecule has 1 aliphatic carbocycles. The molecule has 5 saturated heterocycles. The van der Waals surface area contributed by atoms with Gasteiger partial charge in [0.15, 0.2) is 67.8 Å². The molecule has 5 amide bonds. The number of nitrogens with one attached hydrogen (secondary N) is 3. The van der Waals surface area contributed by atoms with Crippen LogP contribution in [0.2, 0.25) is 0 Å². The number of primary amides is 2. The van der Waals surface area contributed by atoms with Crippen LogP contribution in [0.25, 0.3) is 0 Å². The zero-order valence-corrected chi connectivity index (χ0v) is 62.2. The average Bonchev–Trinajstić information content (AvgIpc) is 0.801. The number of hydrogen-bond acceptors (Lipinski definition) is 32. The number of nitrogens with two attached hydrogens (primary N) is 2. The number of ether oxygens (including phenoxy) is 11. The summed E-state index contributed by atoms with van der Waals surface area (Å²) in [6.07, 6.45) is -37.6. The number of carboxylic acids is 1. The predicted octanol–water partition coefficient (Wildman–Crippen LogP) is -2.42. The van der Waals surface area contributed by atoms with E-state index in [9.17, 15) is 104 Å². The largest absolute Gasteiger partial charge is 0.510 e. The molecule has 5 aliphatic heterocycles. The van der Waals surface area contributed by atoms with Crippen LogP contribution in [-0.2, 0) is 94.5 Å². The van der Waals surface area contributed by atoms with E-state index in [-0.39, 0.29) is 24.9 Å². The number of carbonyl (C=O) groups is 7. The number of amides is 5. The molecular weight excluding hydrogens is 1460 g/mol. The lowest BCUT2D eigenvalue weighted by molar-refractivity contribution is -0.371. The Balaban J connectivity index is 1.23. The second kappa shape index (κ2) is 40.9. The van der Waals surface area contributed by atoms with Gasteiger partial charge in [-0.05, 0) is 85.0 Å². The second-order valence-corrected chi connectivity index (χ2v) is 29.6. The normalized spacial score (nSPS) is 35.1. The molecule has 5 heterocycles. The summed E-state index contributed by atoms with van der Waals surface area (Å²) in [4.78, 5) is 101. The minimum absolute atomic E-state index is 0.127. The Morgan fingerprint density at radius 2 is 1.24 bits per heavy atom. The maximum Gasteiger partial charge on any atom is 0.474 e. The molecule has 5 fully saturated rings. The number of hydrogen-bond donors (Lipinski definition) is 18. The highest BCUT2D eigenvalue weighted by atomic mass is 31.2. The number of phosphoric acid groups is 1. The third kappa shape index (κ3) is 25.4. The lowest BCUT2D eigenvalue weighted by atomic mass is 9.85. The van der Waals surface area contributed by atoms with Crippen molar-refractivity contribution in [3.8, 4) is 0 Å². The molecule has 612 valence electrons. The number of allylic oxidation sites excluding steroid dienone is 10. The van der Waals surface area contributed by atoms with Crippen molar-refractivity contribution in [2.45, 2.75) is 280 Å². The quantitative estimate of drug-likeness (QED) is 0.0227. The standard InChI is InChI=1S/C68H106N5O34P/c1-29(2)14-13-16-30(3)17-18-32(5)21-24-68(9,10)23-12-11-15-31(4)22-25-95-40(61(90)91)28-97-108(93,94)107-66-58(55(106-67(70)92)52(87)56(103-66)59(69)88)105-63-43(72-35(8)76)46(81)54(39(100-63)27-96-64-50(85)47(82)44(79)38(26-74)99-64)102-62-42(71-34(7)75)45(80)53(33(6)98-62)101-65-51(86)48(83)49(84)57(104-65)60(89)73-41-36(77)19-20-37(41)78/h12,14,17,22-23,33,38-40,42-58,62-66,74,77,79-87H,5,11,13,15-16,18-21,24-28H2,1-4,6-10H3,(H2,69,88)(H2,70,92)(H,71,75)(H,72,76)(H,73,89)(H,90,91)(H,93,94)/b23-12-,30-17+,31-22-/t33-,38+,39-,40-,42-,43-,44+,45-,46-,47-,48+,49-,50+,51-,52-,53-,54-,55+,56+,57+,58-,62+,63+,64-,65-,66-/m0/s1. The predicted molar refractivity (Wildman–Crippen MR) is 367 cm³/mol. The van der Waals surface area contributed by atoms with Crippen molar-refractivity contribution < 1.29 is 165 Å². The van der Waals surface area contributed by atoms with E-state index < -0.39 is 240 Å². The molecule has 0 aromatic rings. The molecule has 0 radical (unpaired) electrons. The van der Waals surface area contributed by atoms with Crippen LogP contribution in [0.1, 0.15) is 120 Å². The molecule has 40 heteroatoms. The fraction of sp³-hybridized carbons (Fsp3) is 0.721. The molecule has 6 aliphatic rings. The number of aliphatic carboxylic acids is 1. The minimum atomic E-state index is -5.83. The van der Waals surface area contributed by atoms with E-state index in [4.69, 9.17) is 72.6 Å². The van der Waals surface area contributed by atoms with E-state index in [2.05, 4.69) is 75.4 Å². The van der Waals surface area contributed by atoms with Gasteiger partial charge in [-0.1, -0.05) is 73.1 Å². The number of ketones is 1. The van der Waals surface area contributed by atoms with Crippen molar-refractivity contribution in [3.05, 3.63) is 70.7 Å². The molecule has 6 rings (SSSR count). The zero-order chi connectivity index (χ0) is 80.6. The van der Waals surface area contributed by atoms with Crippen molar-refractivity contribution in [1.82, 2.24) is 16.0 Å². The minimum Gasteiger partial charge on any atom is -0.510 e. The summed E-state index contributed by atoms with van der Waals surface area (Å²) in [5.41, 5.74) is 14.8. The molecule has 0 bridgehead atoms. The third-order valence-corrected chi connectivity index (χ3v) is 19.5. The summed E-state index contributed by atoms with van der Waals surface area (Å²) < 4.78 is 88.4. The first-order valence-electron chi connectivity index (χ1n) is 35.0. The zero-order valence-electron chi connectivity index (χ0n) is 61.3. The fourth-order valence-corrected chi connectivity index (χ4v) is 13.2. The number of rotatable bonds is 37. The van der Waals surface area contributed by atoms with Gasteiger partial charge in [0.1, 0.15) is 103 Å². The number of aliphatic hydroxyl groups is 11. The van der Waals surface area contributed by atoms with Crippen molar-refractivity contribution >= 4 is 49.3 Å². The number of carboxylic acid groups (broad SMARTS) is 1. The summed E-state index contributed by atoms with van der Waals surface area (Å²) in [6.45, 7) is 16.0. The Morgan fingerprint density at radius 1 is 0.667 bits per heavy atom. The van der Waals surface area contributed by atoms with Gasteiger partial charge in [0.25, 0.3) is 5.91 Å². The van der Waals surface area contributed by atoms with Crippen molar-refractivity contribution in [3.63, 3.8) is 0 Å². The van der Waals surface area contributed by atoms with Crippen LogP contribution in [0.3, 0.4) is 0 Å². The molecule has 0 aromatic heterocycles. The summed E-state index contributed by atoms with van der Waals surface area (Å²) in [5, 5.41) is 139. The van der Waals surface area contributed by atoms with Crippen molar-refractivity contribution in [2.24, 2.45) is 16.9 Å². The Hall–Kier alpha value is -6.16. The van der Waals surface area contributed by atoms with E-state index in [0.717, 1.165) is 57.1 Å². The second-order valence-electron chi connectivity index (χ2n) is 28.2. The molecule has 108 heavy (non-hydrogen) atoms. The van der Waals surface area contributed by atoms with Gasteiger partial charge in [0, 0.05) is 26.7 Å². The number of phosphoric ester groups is 1. The monoisotopic (exact) mass is 1570 g/mol. The smallest absolute Gasteiger partial charge is 0.474 e. The van der Waals surface area contributed by atoms with Gasteiger partial charge in [0.2, 0.25) is 17.7 Å². The maximum atomic E-state index is 14.0. The van der Waals surface area contributed by atoms with Crippen LogP contribution >= 0.6 is 7.82 Å². The first kappa shape index (κ1) is 90.7. The highest BCUT2D eigenvalue weighted by Gasteiger charge is 2.59. The molecule has 0 aromatic carbocycles. The van der Waals surface area contributed by atoms with Gasteiger partial charge in [0.05, 0.1) is 32.5 Å². The van der Waals surface area contributed by atoms with Crippen LogP contribution in [0.15, 0.2) is 70.7 Å².